The van der Waals surface area contributed by atoms with E-state index in [1.807, 2.05) is 6.07 Å². The average Bonchev–Trinajstić information content (AvgIpc) is 2.90. The minimum absolute atomic E-state index is 0.0780. The number of hydrogen-bond donors (Lipinski definition) is 2. The Hall–Kier alpha value is -1.49. The lowest BCUT2D eigenvalue weighted by Crippen LogP contribution is -2.22. The molecule has 0 atom stereocenters. The van der Waals surface area contributed by atoms with Crippen molar-refractivity contribution in [2.75, 3.05) is 0 Å². The average molecular weight is 268 g/mol. The van der Waals surface area contributed by atoms with Gasteiger partial charge in [0.05, 0.1) is 0 Å². The van der Waals surface area contributed by atoms with Crippen molar-refractivity contribution < 1.29 is 13.2 Å². The van der Waals surface area contributed by atoms with Crippen LogP contribution in [-0.4, -0.2) is 10.5 Å². The number of aryl methyl sites for hydroxylation is 1. The first-order valence-electron chi connectivity index (χ1n) is 6.34. The third-order valence-corrected chi connectivity index (χ3v) is 3.84. The van der Waals surface area contributed by atoms with Crippen molar-refractivity contribution >= 4 is 10.9 Å². The van der Waals surface area contributed by atoms with Crippen LogP contribution in [0.5, 0.6) is 0 Å². The summed E-state index contributed by atoms with van der Waals surface area (Å²) in [7, 11) is 0. The van der Waals surface area contributed by atoms with Crippen molar-refractivity contribution in [2.45, 2.75) is 37.4 Å². The summed E-state index contributed by atoms with van der Waals surface area (Å²) in [6.45, 7) is 0. The van der Waals surface area contributed by atoms with Crippen LogP contribution < -0.4 is 5.73 Å². The first kappa shape index (κ1) is 12.5. The normalized spacial score (nSPS) is 17.9. The highest BCUT2D eigenvalue weighted by molar-refractivity contribution is 5.84. The van der Waals surface area contributed by atoms with Crippen molar-refractivity contribution in [1.82, 2.24) is 4.98 Å². The molecule has 0 unspecified atom stereocenters. The largest absolute Gasteiger partial charge is 0.431 e. The molecule has 0 saturated heterocycles. The van der Waals surface area contributed by atoms with E-state index in [-0.39, 0.29) is 5.54 Å². The number of benzene rings is 1. The third kappa shape index (κ3) is 2.47. The van der Waals surface area contributed by atoms with Crippen LogP contribution in [0, 0.1) is 0 Å². The van der Waals surface area contributed by atoms with Crippen LogP contribution in [0.25, 0.3) is 10.9 Å². The number of nitrogens with one attached hydrogen (secondary N) is 1. The molecule has 0 radical (unpaired) electrons. The molecule has 0 aliphatic heterocycles. The zero-order chi connectivity index (χ0) is 13.7. The predicted molar refractivity (Wildman–Crippen MR) is 67.8 cm³/mol. The van der Waals surface area contributed by atoms with Gasteiger partial charge in [0.2, 0.25) is 0 Å². The van der Waals surface area contributed by atoms with Gasteiger partial charge in [0, 0.05) is 16.4 Å². The maximum atomic E-state index is 12.7. The Kier molecular flexibility index (Phi) is 2.64. The van der Waals surface area contributed by atoms with Gasteiger partial charge < -0.3 is 10.7 Å². The van der Waals surface area contributed by atoms with E-state index in [0.717, 1.165) is 31.2 Å². The molecule has 1 aromatic heterocycles. The predicted octanol–water partition coefficient (Wildman–Crippen LogP) is 3.61. The van der Waals surface area contributed by atoms with Crippen LogP contribution >= 0.6 is 0 Å². The highest BCUT2D eigenvalue weighted by Gasteiger charge is 2.37. The standard InChI is InChI=1S/C14H15F3N2/c15-14(16,17)12-8-10-9(2-1-3-11(10)19-12)4-5-13(18)6-7-13/h1-3,8,19H,4-7,18H2. The molecule has 1 aliphatic rings. The summed E-state index contributed by atoms with van der Waals surface area (Å²) in [5.41, 5.74) is 6.72. The van der Waals surface area contributed by atoms with Gasteiger partial charge in [-0.25, -0.2) is 0 Å². The molecule has 1 aromatic carbocycles. The molecule has 1 fully saturated rings. The molecule has 3 N–H and O–H groups in total. The molecule has 19 heavy (non-hydrogen) atoms. The molecular weight excluding hydrogens is 253 g/mol. The monoisotopic (exact) mass is 268 g/mol. The maximum Gasteiger partial charge on any atom is 0.431 e. The van der Waals surface area contributed by atoms with Gasteiger partial charge in [0.1, 0.15) is 5.69 Å². The fourth-order valence-electron chi connectivity index (χ4n) is 2.38. The van der Waals surface area contributed by atoms with E-state index in [0.29, 0.717) is 10.9 Å². The fourth-order valence-corrected chi connectivity index (χ4v) is 2.38. The summed E-state index contributed by atoms with van der Waals surface area (Å²) in [5, 5.41) is 0.652. The second kappa shape index (κ2) is 4.00. The Bertz CT molecular complexity index is 609. The smallest absolute Gasteiger partial charge is 0.351 e. The molecule has 3 rings (SSSR count). The molecule has 2 aromatic rings. The molecule has 1 saturated carbocycles. The lowest BCUT2D eigenvalue weighted by Gasteiger charge is -2.08. The zero-order valence-electron chi connectivity index (χ0n) is 10.3. The minimum atomic E-state index is -4.33. The quantitative estimate of drug-likeness (QED) is 0.877. The van der Waals surface area contributed by atoms with E-state index < -0.39 is 11.9 Å². The van der Waals surface area contributed by atoms with Gasteiger partial charge in [0.15, 0.2) is 0 Å². The highest BCUT2D eigenvalue weighted by atomic mass is 19.4. The van der Waals surface area contributed by atoms with Crippen molar-refractivity contribution in [1.29, 1.82) is 0 Å². The number of hydrogen-bond acceptors (Lipinski definition) is 1. The lowest BCUT2D eigenvalue weighted by atomic mass is 10.0. The molecule has 0 bridgehead atoms. The van der Waals surface area contributed by atoms with Gasteiger partial charge >= 0.3 is 6.18 Å². The maximum absolute atomic E-state index is 12.7. The Morgan fingerprint density at radius 3 is 2.63 bits per heavy atom. The van der Waals surface area contributed by atoms with Crippen molar-refractivity contribution in [3.63, 3.8) is 0 Å². The van der Waals surface area contributed by atoms with E-state index in [1.54, 1.807) is 12.1 Å². The number of aromatic amines is 1. The van der Waals surface area contributed by atoms with E-state index in [1.165, 1.54) is 6.07 Å². The molecule has 1 heterocycles. The number of halogens is 3. The van der Waals surface area contributed by atoms with Crippen LogP contribution in [0.3, 0.4) is 0 Å². The Labute approximate surface area is 108 Å². The Morgan fingerprint density at radius 1 is 1.26 bits per heavy atom. The summed E-state index contributed by atoms with van der Waals surface area (Å²) in [5.74, 6) is 0. The number of fused-ring (bicyclic) bond motifs is 1. The zero-order valence-corrected chi connectivity index (χ0v) is 10.3. The summed E-state index contributed by atoms with van der Waals surface area (Å²) in [6.07, 6.45) is -0.739. The van der Waals surface area contributed by atoms with E-state index >= 15 is 0 Å². The molecule has 0 spiro atoms. The summed E-state index contributed by atoms with van der Waals surface area (Å²) in [6, 6.07) is 6.52. The van der Waals surface area contributed by atoms with Crippen LogP contribution in [-0.2, 0) is 12.6 Å². The summed E-state index contributed by atoms with van der Waals surface area (Å²) < 4.78 is 38.1. The van der Waals surface area contributed by atoms with E-state index in [4.69, 9.17) is 5.73 Å². The van der Waals surface area contributed by atoms with Crippen LogP contribution in [0.2, 0.25) is 0 Å². The lowest BCUT2D eigenvalue weighted by molar-refractivity contribution is -0.140. The molecule has 102 valence electrons. The van der Waals surface area contributed by atoms with E-state index in [9.17, 15) is 13.2 Å². The number of aromatic nitrogens is 1. The van der Waals surface area contributed by atoms with Gasteiger partial charge in [-0.15, -0.1) is 0 Å². The molecular formula is C14H15F3N2. The van der Waals surface area contributed by atoms with Gasteiger partial charge in [-0.3, -0.25) is 0 Å². The summed E-state index contributed by atoms with van der Waals surface area (Å²) >= 11 is 0. The first-order chi connectivity index (χ1) is 8.87. The number of rotatable bonds is 3. The highest BCUT2D eigenvalue weighted by Crippen LogP contribution is 2.38. The number of nitrogens with two attached hydrogens (primary N) is 1. The van der Waals surface area contributed by atoms with Crippen molar-refractivity contribution in [3.05, 3.63) is 35.5 Å². The Balaban J connectivity index is 1.93. The van der Waals surface area contributed by atoms with Gasteiger partial charge in [-0.2, -0.15) is 13.2 Å². The van der Waals surface area contributed by atoms with Gasteiger partial charge in [-0.05, 0) is 43.4 Å². The van der Waals surface area contributed by atoms with E-state index in [2.05, 4.69) is 4.98 Å². The molecule has 1 aliphatic carbocycles. The second-order valence-electron chi connectivity index (χ2n) is 5.42. The minimum Gasteiger partial charge on any atom is -0.351 e. The topological polar surface area (TPSA) is 41.8 Å². The van der Waals surface area contributed by atoms with Gasteiger partial charge in [-0.1, -0.05) is 12.1 Å². The molecule has 0 amide bonds. The van der Waals surface area contributed by atoms with Crippen LogP contribution in [0.4, 0.5) is 13.2 Å². The van der Waals surface area contributed by atoms with Crippen LogP contribution in [0.15, 0.2) is 24.3 Å². The molecule has 5 heteroatoms. The third-order valence-electron chi connectivity index (χ3n) is 3.84. The number of alkyl halides is 3. The first-order valence-corrected chi connectivity index (χ1v) is 6.34. The van der Waals surface area contributed by atoms with Crippen LogP contribution in [0.1, 0.15) is 30.5 Å². The Morgan fingerprint density at radius 2 is 2.00 bits per heavy atom. The van der Waals surface area contributed by atoms with Crippen molar-refractivity contribution in [3.8, 4) is 0 Å². The summed E-state index contributed by atoms with van der Waals surface area (Å²) in [4.78, 5) is 2.43. The fraction of sp³-hybridized carbons (Fsp3) is 0.429. The SMILES string of the molecule is NC1(CCc2cccc3[nH]c(C(F)(F)F)cc23)CC1. The molecule has 2 nitrogen and oxygen atoms in total. The second-order valence-corrected chi connectivity index (χ2v) is 5.42. The van der Waals surface area contributed by atoms with Crippen molar-refractivity contribution in [2.24, 2.45) is 5.73 Å². The van der Waals surface area contributed by atoms with Gasteiger partial charge in [0.25, 0.3) is 0 Å². The number of H-pyrrole nitrogens is 1.